The van der Waals surface area contributed by atoms with E-state index in [1.54, 1.807) is 0 Å². The van der Waals surface area contributed by atoms with Crippen LogP contribution in [0.2, 0.25) is 0 Å². The van der Waals surface area contributed by atoms with Crippen LogP contribution in [0.1, 0.15) is 32.6 Å². The van der Waals surface area contributed by atoms with E-state index in [2.05, 4.69) is 5.32 Å². The quantitative estimate of drug-likeness (QED) is 0.848. The molecule has 0 bridgehead atoms. The van der Waals surface area contributed by atoms with Crippen molar-refractivity contribution in [3.05, 3.63) is 29.8 Å². The smallest absolute Gasteiger partial charge is 0.324 e. The van der Waals surface area contributed by atoms with Gasteiger partial charge in [0.25, 0.3) is 0 Å². The fourth-order valence-corrected chi connectivity index (χ4v) is 2.68. The van der Waals surface area contributed by atoms with Crippen molar-refractivity contribution >= 4 is 5.97 Å². The highest BCUT2D eigenvalue weighted by Crippen LogP contribution is 2.33. The Balaban J connectivity index is 2.05. The minimum Gasteiger partial charge on any atom is -0.490 e. The Morgan fingerprint density at radius 2 is 2.10 bits per heavy atom. The standard InChI is InChI=1S/C15H19F2NO3/c1-2-5-18-15(14(19)20)4-3-12(9-15)21-13-7-10(16)6-11(17)8-13/h6-8,12,18H,2-5,9H2,1H3,(H,19,20). The van der Waals surface area contributed by atoms with Crippen LogP contribution in [0, 0.1) is 11.6 Å². The lowest BCUT2D eigenvalue weighted by molar-refractivity contribution is -0.144. The lowest BCUT2D eigenvalue weighted by atomic mass is 9.97. The van der Waals surface area contributed by atoms with Crippen molar-refractivity contribution in [2.24, 2.45) is 0 Å². The topological polar surface area (TPSA) is 58.6 Å². The zero-order valence-electron chi connectivity index (χ0n) is 11.9. The van der Waals surface area contributed by atoms with E-state index in [4.69, 9.17) is 4.74 Å². The van der Waals surface area contributed by atoms with E-state index in [0.29, 0.717) is 19.4 Å². The number of hydrogen-bond donors (Lipinski definition) is 2. The molecule has 0 spiro atoms. The molecule has 0 radical (unpaired) electrons. The van der Waals surface area contributed by atoms with Gasteiger partial charge in [0.1, 0.15) is 29.0 Å². The molecule has 4 nitrogen and oxygen atoms in total. The Morgan fingerprint density at radius 3 is 2.67 bits per heavy atom. The zero-order valence-corrected chi connectivity index (χ0v) is 11.9. The van der Waals surface area contributed by atoms with Crippen molar-refractivity contribution in [2.45, 2.75) is 44.2 Å². The predicted molar refractivity (Wildman–Crippen MR) is 73.3 cm³/mol. The van der Waals surface area contributed by atoms with E-state index in [0.717, 1.165) is 24.6 Å². The van der Waals surface area contributed by atoms with Crippen LogP contribution < -0.4 is 10.1 Å². The van der Waals surface area contributed by atoms with Gasteiger partial charge in [-0.2, -0.15) is 0 Å². The van der Waals surface area contributed by atoms with E-state index in [-0.39, 0.29) is 18.3 Å². The van der Waals surface area contributed by atoms with Crippen molar-refractivity contribution in [2.75, 3.05) is 6.54 Å². The number of carbonyl (C=O) groups is 1. The van der Waals surface area contributed by atoms with Crippen LogP contribution in [0.25, 0.3) is 0 Å². The first-order valence-electron chi connectivity index (χ1n) is 7.06. The molecular formula is C15H19F2NO3. The molecule has 1 aliphatic carbocycles. The largest absolute Gasteiger partial charge is 0.490 e. The molecule has 1 saturated carbocycles. The summed E-state index contributed by atoms with van der Waals surface area (Å²) in [6, 6.07) is 2.97. The molecule has 2 unspecified atom stereocenters. The van der Waals surface area contributed by atoms with E-state index in [9.17, 15) is 18.7 Å². The van der Waals surface area contributed by atoms with Crippen LogP contribution in [0.15, 0.2) is 18.2 Å². The Kier molecular flexibility index (Phi) is 4.77. The maximum atomic E-state index is 13.1. The molecular weight excluding hydrogens is 280 g/mol. The van der Waals surface area contributed by atoms with Gasteiger partial charge >= 0.3 is 5.97 Å². The normalized spacial score (nSPS) is 25.0. The lowest BCUT2D eigenvalue weighted by Crippen LogP contribution is -2.50. The first kappa shape index (κ1) is 15.7. The van der Waals surface area contributed by atoms with Crippen LogP contribution in [0.5, 0.6) is 5.75 Å². The molecule has 0 amide bonds. The summed E-state index contributed by atoms with van der Waals surface area (Å²) in [4.78, 5) is 11.5. The summed E-state index contributed by atoms with van der Waals surface area (Å²) in [5.41, 5.74) is -1.01. The van der Waals surface area contributed by atoms with Crippen molar-refractivity contribution in [1.82, 2.24) is 5.32 Å². The highest BCUT2D eigenvalue weighted by molar-refractivity contribution is 5.79. The first-order chi connectivity index (χ1) is 9.95. The van der Waals surface area contributed by atoms with Gasteiger partial charge < -0.3 is 15.2 Å². The van der Waals surface area contributed by atoms with E-state index >= 15 is 0 Å². The highest BCUT2D eigenvalue weighted by Gasteiger charge is 2.46. The van der Waals surface area contributed by atoms with Gasteiger partial charge in [-0.3, -0.25) is 4.79 Å². The molecule has 1 fully saturated rings. The second-order valence-electron chi connectivity index (χ2n) is 5.40. The predicted octanol–water partition coefficient (Wildman–Crippen LogP) is 2.72. The molecule has 116 valence electrons. The molecule has 0 aromatic heterocycles. The van der Waals surface area contributed by atoms with Crippen molar-refractivity contribution in [3.8, 4) is 5.75 Å². The summed E-state index contributed by atoms with van der Waals surface area (Å²) in [6.45, 7) is 2.56. The number of rotatable bonds is 6. The minimum absolute atomic E-state index is 0.0918. The highest BCUT2D eigenvalue weighted by atomic mass is 19.1. The number of ether oxygens (including phenoxy) is 1. The van der Waals surface area contributed by atoms with E-state index < -0.39 is 23.1 Å². The summed E-state index contributed by atoms with van der Waals surface area (Å²) >= 11 is 0. The Morgan fingerprint density at radius 1 is 1.43 bits per heavy atom. The Bertz CT molecular complexity index is 503. The third kappa shape index (κ3) is 3.69. The molecule has 1 aromatic rings. The monoisotopic (exact) mass is 299 g/mol. The average Bonchev–Trinajstić information content (AvgIpc) is 2.80. The van der Waals surface area contributed by atoms with Gasteiger partial charge in [0.2, 0.25) is 0 Å². The minimum atomic E-state index is -1.01. The summed E-state index contributed by atoms with van der Waals surface area (Å²) in [5, 5.41) is 12.5. The van der Waals surface area contributed by atoms with Gasteiger partial charge in [-0.1, -0.05) is 6.92 Å². The molecule has 0 heterocycles. The molecule has 2 atom stereocenters. The number of nitrogens with one attached hydrogen (secondary N) is 1. The number of halogens is 2. The first-order valence-corrected chi connectivity index (χ1v) is 7.06. The molecule has 6 heteroatoms. The number of benzene rings is 1. The molecule has 2 rings (SSSR count). The maximum Gasteiger partial charge on any atom is 0.324 e. The van der Waals surface area contributed by atoms with Gasteiger partial charge in [-0.25, -0.2) is 8.78 Å². The van der Waals surface area contributed by atoms with Gasteiger partial charge in [0.15, 0.2) is 0 Å². The van der Waals surface area contributed by atoms with Crippen LogP contribution in [-0.4, -0.2) is 29.3 Å². The molecule has 0 saturated heterocycles. The molecule has 1 aromatic carbocycles. The summed E-state index contributed by atoms with van der Waals surface area (Å²) in [6.07, 6.45) is 1.70. The van der Waals surface area contributed by atoms with E-state index in [1.807, 2.05) is 6.92 Å². The second-order valence-corrected chi connectivity index (χ2v) is 5.40. The van der Waals surface area contributed by atoms with Gasteiger partial charge in [0.05, 0.1) is 0 Å². The maximum absolute atomic E-state index is 13.1. The lowest BCUT2D eigenvalue weighted by Gasteiger charge is -2.25. The third-order valence-corrected chi connectivity index (χ3v) is 3.73. The van der Waals surface area contributed by atoms with Crippen LogP contribution in [0.3, 0.4) is 0 Å². The molecule has 2 N–H and O–H groups in total. The van der Waals surface area contributed by atoms with Crippen LogP contribution in [-0.2, 0) is 4.79 Å². The van der Waals surface area contributed by atoms with Crippen molar-refractivity contribution in [1.29, 1.82) is 0 Å². The number of aliphatic carboxylic acids is 1. The summed E-state index contributed by atoms with van der Waals surface area (Å²) < 4.78 is 31.8. The number of hydrogen-bond acceptors (Lipinski definition) is 3. The van der Waals surface area contributed by atoms with Crippen molar-refractivity contribution < 1.29 is 23.4 Å². The SMILES string of the molecule is CCCNC1(C(=O)O)CCC(Oc2cc(F)cc(F)c2)C1. The fourth-order valence-electron chi connectivity index (χ4n) is 2.68. The second kappa shape index (κ2) is 6.39. The van der Waals surface area contributed by atoms with Gasteiger partial charge in [-0.15, -0.1) is 0 Å². The van der Waals surface area contributed by atoms with Gasteiger partial charge in [-0.05, 0) is 25.8 Å². The number of carboxylic acid groups (broad SMARTS) is 1. The number of carboxylic acids is 1. The Labute approximate surface area is 122 Å². The van der Waals surface area contributed by atoms with Crippen LogP contribution >= 0.6 is 0 Å². The van der Waals surface area contributed by atoms with Crippen LogP contribution in [0.4, 0.5) is 8.78 Å². The zero-order chi connectivity index (χ0) is 15.5. The van der Waals surface area contributed by atoms with Gasteiger partial charge in [0, 0.05) is 24.6 Å². The Hall–Kier alpha value is -1.69. The fraction of sp³-hybridized carbons (Fsp3) is 0.533. The van der Waals surface area contributed by atoms with E-state index in [1.165, 1.54) is 0 Å². The average molecular weight is 299 g/mol. The van der Waals surface area contributed by atoms with Crippen molar-refractivity contribution in [3.63, 3.8) is 0 Å². The summed E-state index contributed by atoms with van der Waals surface area (Å²) in [5.74, 6) is -2.24. The third-order valence-electron chi connectivity index (χ3n) is 3.73. The molecule has 1 aliphatic rings. The summed E-state index contributed by atoms with van der Waals surface area (Å²) in [7, 11) is 0. The molecule has 0 aliphatic heterocycles. The molecule has 21 heavy (non-hydrogen) atoms.